The number of hydrazone groups is 1. The molecule has 0 saturated heterocycles. The average Bonchev–Trinajstić information content (AvgIpc) is 3.41. The lowest BCUT2D eigenvalue weighted by Crippen LogP contribution is -2.38. The second-order valence-corrected chi connectivity index (χ2v) is 9.96. The molecule has 6 nitrogen and oxygen atoms in total. The van der Waals surface area contributed by atoms with Gasteiger partial charge in [-0.3, -0.25) is 0 Å². The van der Waals surface area contributed by atoms with Crippen LogP contribution in [0.25, 0.3) is 0 Å². The summed E-state index contributed by atoms with van der Waals surface area (Å²) in [6.45, 7) is 4.27. The molecule has 0 saturated carbocycles. The fraction of sp³-hybridized carbons (Fsp3) is 0.333. The summed E-state index contributed by atoms with van der Waals surface area (Å²) in [4.78, 5) is 3.94. The van der Waals surface area contributed by atoms with E-state index in [1.54, 1.807) is 5.01 Å². The predicted octanol–water partition coefficient (Wildman–Crippen LogP) is 4.40. The Labute approximate surface area is 178 Å². The fourth-order valence-corrected chi connectivity index (χ4v) is 5.97. The van der Waals surface area contributed by atoms with Crippen LogP contribution in [0.3, 0.4) is 0 Å². The first-order chi connectivity index (χ1) is 13.9. The number of rotatable bonds is 6. The molecule has 1 aromatic carbocycles. The summed E-state index contributed by atoms with van der Waals surface area (Å²) in [5.74, 6) is -1.05. The molecule has 29 heavy (non-hydrogen) atoms. The lowest BCUT2D eigenvalue weighted by molar-refractivity contribution is 0.514. The fourth-order valence-electron chi connectivity index (χ4n) is 3.06. The van der Waals surface area contributed by atoms with Crippen LogP contribution in [0.2, 0.25) is 0 Å². The number of anilines is 1. The van der Waals surface area contributed by atoms with E-state index < -0.39 is 16.5 Å². The first-order valence-electron chi connectivity index (χ1n) is 8.89. The maximum absolute atomic E-state index is 14.5. The smallest absolute Gasteiger partial charge is 0.230 e. The number of benzene rings is 1. The van der Waals surface area contributed by atoms with Gasteiger partial charge in [0.25, 0.3) is 0 Å². The Hall–Kier alpha value is -1.95. The number of aromatic nitrogens is 3. The van der Waals surface area contributed by atoms with Gasteiger partial charge in [0.1, 0.15) is 21.7 Å². The molecular formula is C18H18F2N6S3. The SMILES string of the molecule is Cc1nc(C2(CCCN)SC(c3cc(F)ccc3F)=NN2c2nnc(C)s2)cs1. The maximum Gasteiger partial charge on any atom is 0.230 e. The molecule has 2 aromatic heterocycles. The van der Waals surface area contributed by atoms with E-state index in [1.165, 1.54) is 34.4 Å². The van der Waals surface area contributed by atoms with Gasteiger partial charge in [0.05, 0.1) is 10.7 Å². The van der Waals surface area contributed by atoms with Gasteiger partial charge in [-0.25, -0.2) is 18.8 Å². The van der Waals surface area contributed by atoms with Gasteiger partial charge < -0.3 is 5.73 Å². The Morgan fingerprint density at radius 2 is 2.00 bits per heavy atom. The monoisotopic (exact) mass is 452 g/mol. The van der Waals surface area contributed by atoms with E-state index in [4.69, 9.17) is 10.7 Å². The number of thioether (sulfide) groups is 1. The van der Waals surface area contributed by atoms with E-state index >= 15 is 0 Å². The van der Waals surface area contributed by atoms with Gasteiger partial charge in [-0.15, -0.1) is 21.5 Å². The van der Waals surface area contributed by atoms with Crippen LogP contribution in [-0.4, -0.2) is 26.8 Å². The van der Waals surface area contributed by atoms with Gasteiger partial charge in [-0.1, -0.05) is 23.1 Å². The quantitative estimate of drug-likeness (QED) is 0.597. The predicted molar refractivity (Wildman–Crippen MR) is 114 cm³/mol. The largest absolute Gasteiger partial charge is 0.330 e. The number of hydrogen-bond acceptors (Lipinski definition) is 9. The van der Waals surface area contributed by atoms with Gasteiger partial charge in [-0.05, 0) is 51.4 Å². The number of hydrogen-bond donors (Lipinski definition) is 1. The second-order valence-electron chi connectivity index (χ2n) is 6.48. The first kappa shape index (κ1) is 20.3. The summed E-state index contributed by atoms with van der Waals surface area (Å²) >= 11 is 4.26. The standard InChI is InChI=1S/C18H18F2N6S3/c1-10-22-15(9-27-10)18(6-3-7-21)26(17-24-23-11(2)28-17)25-16(29-18)13-8-12(19)4-5-14(13)20/h4-5,8-9H,3,6-7,21H2,1-2H3. The highest BCUT2D eigenvalue weighted by Crippen LogP contribution is 2.52. The topological polar surface area (TPSA) is 80.3 Å². The maximum atomic E-state index is 14.5. The van der Waals surface area contributed by atoms with Gasteiger partial charge in [0.15, 0.2) is 4.87 Å². The Bertz CT molecular complexity index is 1070. The second kappa shape index (κ2) is 8.05. The van der Waals surface area contributed by atoms with Crippen molar-refractivity contribution in [1.82, 2.24) is 15.2 Å². The highest BCUT2D eigenvalue weighted by atomic mass is 32.2. The van der Waals surface area contributed by atoms with Crippen LogP contribution >= 0.6 is 34.4 Å². The van der Waals surface area contributed by atoms with Crippen LogP contribution in [0.5, 0.6) is 0 Å². The Balaban J connectivity index is 1.87. The Kier molecular flexibility index (Phi) is 5.65. The van der Waals surface area contributed by atoms with Crippen LogP contribution in [0.4, 0.5) is 13.9 Å². The van der Waals surface area contributed by atoms with Crippen molar-refractivity contribution in [3.05, 3.63) is 56.5 Å². The molecule has 0 spiro atoms. The summed E-state index contributed by atoms with van der Waals surface area (Å²) in [5.41, 5.74) is 6.72. The normalized spacial score (nSPS) is 19.1. The van der Waals surface area contributed by atoms with Crippen molar-refractivity contribution in [1.29, 1.82) is 0 Å². The van der Waals surface area contributed by atoms with Crippen molar-refractivity contribution in [2.24, 2.45) is 10.8 Å². The third-order valence-electron chi connectivity index (χ3n) is 4.39. The summed E-state index contributed by atoms with van der Waals surface area (Å²) in [5, 5.41) is 19.4. The van der Waals surface area contributed by atoms with Crippen molar-refractivity contribution < 1.29 is 8.78 Å². The molecule has 4 rings (SSSR count). The zero-order chi connectivity index (χ0) is 20.6. The van der Waals surface area contributed by atoms with Gasteiger partial charge in [0, 0.05) is 10.9 Å². The van der Waals surface area contributed by atoms with Crippen LogP contribution < -0.4 is 10.7 Å². The van der Waals surface area contributed by atoms with Crippen molar-refractivity contribution >= 4 is 44.6 Å². The Morgan fingerprint density at radius 1 is 1.17 bits per heavy atom. The highest BCUT2D eigenvalue weighted by Gasteiger charge is 2.49. The molecule has 11 heteroatoms. The molecule has 0 fully saturated rings. The highest BCUT2D eigenvalue weighted by molar-refractivity contribution is 8.15. The van der Waals surface area contributed by atoms with Crippen molar-refractivity contribution in [2.45, 2.75) is 31.6 Å². The molecule has 3 heterocycles. The summed E-state index contributed by atoms with van der Waals surface area (Å²) in [7, 11) is 0. The van der Waals surface area contributed by atoms with Crippen molar-refractivity contribution in [2.75, 3.05) is 11.6 Å². The van der Waals surface area contributed by atoms with E-state index in [1.807, 2.05) is 19.2 Å². The molecule has 0 bridgehead atoms. The number of thiazole rings is 1. The van der Waals surface area contributed by atoms with E-state index in [-0.39, 0.29) is 5.56 Å². The van der Waals surface area contributed by atoms with Crippen molar-refractivity contribution in [3.8, 4) is 0 Å². The van der Waals surface area contributed by atoms with Gasteiger partial charge in [0.2, 0.25) is 5.13 Å². The van der Waals surface area contributed by atoms with Crippen LogP contribution in [0.15, 0.2) is 28.7 Å². The molecule has 0 amide bonds. The molecule has 152 valence electrons. The zero-order valence-corrected chi connectivity index (χ0v) is 18.2. The number of nitrogens with zero attached hydrogens (tertiary/aromatic N) is 5. The number of aryl methyl sites for hydroxylation is 2. The van der Waals surface area contributed by atoms with Gasteiger partial charge in [-0.2, -0.15) is 5.10 Å². The third-order valence-corrected chi connectivity index (χ3v) is 7.40. The minimum absolute atomic E-state index is 0.114. The molecule has 1 aliphatic rings. The van der Waals surface area contributed by atoms with Crippen LogP contribution in [0, 0.1) is 25.5 Å². The molecule has 2 N–H and O–H groups in total. The lowest BCUT2D eigenvalue weighted by atomic mass is 10.1. The molecule has 1 unspecified atom stereocenters. The first-order valence-corrected chi connectivity index (χ1v) is 11.4. The molecule has 0 radical (unpaired) electrons. The lowest BCUT2D eigenvalue weighted by Gasteiger charge is -2.33. The molecule has 1 atom stereocenters. The Morgan fingerprint density at radius 3 is 2.66 bits per heavy atom. The number of nitrogens with two attached hydrogens (primary N) is 1. The van der Waals surface area contributed by atoms with E-state index in [0.717, 1.165) is 33.9 Å². The summed E-state index contributed by atoms with van der Waals surface area (Å²) < 4.78 is 28.4. The molecule has 1 aliphatic heterocycles. The summed E-state index contributed by atoms with van der Waals surface area (Å²) in [6.07, 6.45) is 1.31. The van der Waals surface area contributed by atoms with E-state index in [9.17, 15) is 8.78 Å². The molecular weight excluding hydrogens is 434 g/mol. The minimum Gasteiger partial charge on any atom is -0.330 e. The molecule has 3 aromatic rings. The van der Waals surface area contributed by atoms with E-state index in [0.29, 0.717) is 29.6 Å². The van der Waals surface area contributed by atoms with Crippen LogP contribution in [0.1, 0.15) is 34.1 Å². The minimum atomic E-state index is -0.760. The van der Waals surface area contributed by atoms with Gasteiger partial charge >= 0.3 is 0 Å². The summed E-state index contributed by atoms with van der Waals surface area (Å²) in [6, 6.07) is 3.37. The number of halogens is 2. The van der Waals surface area contributed by atoms with Crippen molar-refractivity contribution in [3.63, 3.8) is 0 Å². The van der Waals surface area contributed by atoms with E-state index in [2.05, 4.69) is 15.3 Å². The zero-order valence-electron chi connectivity index (χ0n) is 15.7. The molecule has 0 aliphatic carbocycles. The van der Waals surface area contributed by atoms with Crippen LogP contribution in [-0.2, 0) is 4.87 Å². The average molecular weight is 453 g/mol. The third kappa shape index (κ3) is 3.79.